The Hall–Kier alpha value is -2.22. The van der Waals surface area contributed by atoms with Gasteiger partial charge in [0.25, 0.3) is 0 Å². The number of hydrogen-bond acceptors (Lipinski definition) is 5. The van der Waals surface area contributed by atoms with Gasteiger partial charge in [-0.3, -0.25) is 4.79 Å². The van der Waals surface area contributed by atoms with Gasteiger partial charge in [0.15, 0.2) is 0 Å². The number of nitrogens with one attached hydrogen (secondary N) is 2. The number of anilines is 1. The molecule has 1 aromatic carbocycles. The molecule has 3 amide bonds. The molecule has 1 saturated heterocycles. The van der Waals surface area contributed by atoms with E-state index < -0.39 is 0 Å². The fourth-order valence-corrected chi connectivity index (χ4v) is 4.56. The van der Waals surface area contributed by atoms with Crippen LogP contribution >= 0.6 is 11.7 Å². The van der Waals surface area contributed by atoms with Crippen LogP contribution in [0.1, 0.15) is 37.7 Å². The molecule has 7 nitrogen and oxygen atoms in total. The molecule has 1 saturated carbocycles. The van der Waals surface area contributed by atoms with Gasteiger partial charge in [0.1, 0.15) is 11.0 Å². The third-order valence-electron chi connectivity index (χ3n) is 5.43. The van der Waals surface area contributed by atoms with Crippen LogP contribution in [0.15, 0.2) is 12.1 Å². The molecular weight excluding hydrogens is 350 g/mol. The molecule has 2 heterocycles. The van der Waals surface area contributed by atoms with Crippen LogP contribution in [0, 0.1) is 12.8 Å². The van der Waals surface area contributed by atoms with Gasteiger partial charge >= 0.3 is 6.03 Å². The molecule has 0 radical (unpaired) electrons. The minimum absolute atomic E-state index is 0.187. The second-order valence-corrected chi connectivity index (χ2v) is 7.81. The molecule has 8 heteroatoms. The van der Waals surface area contributed by atoms with Gasteiger partial charge in [0.05, 0.1) is 17.4 Å². The standard InChI is InChI=1S/C18H23N5O2S/c1-11-6-7-14-17(22-26-21-14)16(11)20-18(25)19-9-12-8-15(24)23(10-12)13-4-2-3-5-13/h6-7,12-13H,2-5,8-10H2,1H3,(H2,19,20,25)/t12-/m0/s1. The maximum atomic E-state index is 12.3. The number of aryl methyl sites for hydroxylation is 1. The van der Waals surface area contributed by atoms with E-state index in [1.807, 2.05) is 24.0 Å². The van der Waals surface area contributed by atoms with Crippen LogP contribution in [-0.4, -0.2) is 44.7 Å². The van der Waals surface area contributed by atoms with E-state index in [9.17, 15) is 9.59 Å². The Labute approximate surface area is 156 Å². The summed E-state index contributed by atoms with van der Waals surface area (Å²) < 4.78 is 8.48. The van der Waals surface area contributed by atoms with E-state index >= 15 is 0 Å². The molecule has 1 aliphatic carbocycles. The third-order valence-corrected chi connectivity index (χ3v) is 5.97. The highest BCUT2D eigenvalue weighted by Gasteiger charge is 2.35. The number of benzene rings is 1. The van der Waals surface area contributed by atoms with Crippen molar-refractivity contribution in [3.63, 3.8) is 0 Å². The minimum atomic E-state index is -0.264. The maximum absolute atomic E-state index is 12.3. The van der Waals surface area contributed by atoms with E-state index in [4.69, 9.17) is 0 Å². The van der Waals surface area contributed by atoms with Crippen LogP contribution in [0.3, 0.4) is 0 Å². The highest BCUT2D eigenvalue weighted by atomic mass is 32.1. The number of likely N-dealkylation sites (tertiary alicyclic amines) is 1. The Morgan fingerprint density at radius 2 is 2.12 bits per heavy atom. The highest BCUT2D eigenvalue weighted by Crippen LogP contribution is 2.29. The van der Waals surface area contributed by atoms with E-state index in [0.29, 0.717) is 30.2 Å². The van der Waals surface area contributed by atoms with E-state index in [-0.39, 0.29) is 17.9 Å². The summed E-state index contributed by atoms with van der Waals surface area (Å²) in [6.45, 7) is 3.20. The second kappa shape index (κ2) is 7.19. The molecule has 0 unspecified atom stereocenters. The maximum Gasteiger partial charge on any atom is 0.319 e. The number of fused-ring (bicyclic) bond motifs is 1. The van der Waals surface area contributed by atoms with Crippen LogP contribution in [0.2, 0.25) is 0 Å². The van der Waals surface area contributed by atoms with E-state index in [2.05, 4.69) is 19.4 Å². The molecule has 1 atom stereocenters. The van der Waals surface area contributed by atoms with E-state index in [1.165, 1.54) is 12.8 Å². The first-order valence-electron chi connectivity index (χ1n) is 9.18. The average molecular weight is 373 g/mol. The van der Waals surface area contributed by atoms with Crippen LogP contribution in [0.25, 0.3) is 11.0 Å². The lowest BCUT2D eigenvalue weighted by Crippen LogP contribution is -2.37. The lowest BCUT2D eigenvalue weighted by Gasteiger charge is -2.24. The van der Waals surface area contributed by atoms with Crippen molar-refractivity contribution in [2.75, 3.05) is 18.4 Å². The third kappa shape index (κ3) is 3.38. The van der Waals surface area contributed by atoms with Gasteiger partial charge in [0.2, 0.25) is 5.91 Å². The fourth-order valence-electron chi connectivity index (χ4n) is 4.02. The van der Waals surface area contributed by atoms with Gasteiger partial charge in [0, 0.05) is 31.5 Å². The minimum Gasteiger partial charge on any atom is -0.339 e. The first-order chi connectivity index (χ1) is 12.6. The molecule has 2 aromatic rings. The first kappa shape index (κ1) is 17.2. The van der Waals surface area contributed by atoms with Crippen molar-refractivity contribution < 1.29 is 9.59 Å². The Morgan fingerprint density at radius 3 is 2.92 bits per heavy atom. The Morgan fingerprint density at radius 1 is 1.31 bits per heavy atom. The molecule has 2 N–H and O–H groups in total. The zero-order valence-electron chi connectivity index (χ0n) is 14.8. The van der Waals surface area contributed by atoms with Crippen molar-refractivity contribution in [1.82, 2.24) is 19.0 Å². The van der Waals surface area contributed by atoms with Crippen molar-refractivity contribution in [3.05, 3.63) is 17.7 Å². The molecule has 2 fully saturated rings. The van der Waals surface area contributed by atoms with Crippen molar-refractivity contribution >= 4 is 40.4 Å². The van der Waals surface area contributed by atoms with Crippen molar-refractivity contribution in [1.29, 1.82) is 0 Å². The van der Waals surface area contributed by atoms with Crippen LogP contribution in [0.4, 0.5) is 10.5 Å². The summed E-state index contributed by atoms with van der Waals surface area (Å²) in [5.74, 6) is 0.421. The van der Waals surface area contributed by atoms with Gasteiger partial charge in [-0.1, -0.05) is 18.9 Å². The Balaban J connectivity index is 1.33. The van der Waals surface area contributed by atoms with Gasteiger partial charge in [-0.25, -0.2) is 4.79 Å². The predicted octanol–water partition coefficient (Wildman–Crippen LogP) is 2.91. The molecule has 138 valence electrons. The van der Waals surface area contributed by atoms with Gasteiger partial charge in [-0.05, 0) is 31.4 Å². The van der Waals surface area contributed by atoms with E-state index in [1.54, 1.807) is 0 Å². The molecule has 26 heavy (non-hydrogen) atoms. The summed E-state index contributed by atoms with van der Waals surface area (Å²) in [6.07, 6.45) is 5.21. The molecule has 2 aliphatic rings. The Kier molecular flexibility index (Phi) is 4.76. The summed E-state index contributed by atoms with van der Waals surface area (Å²) in [5.41, 5.74) is 3.14. The van der Waals surface area contributed by atoms with Gasteiger partial charge < -0.3 is 15.5 Å². The van der Waals surface area contributed by atoms with Crippen LogP contribution in [-0.2, 0) is 4.79 Å². The second-order valence-electron chi connectivity index (χ2n) is 7.28. The zero-order chi connectivity index (χ0) is 18.1. The molecule has 0 bridgehead atoms. The topological polar surface area (TPSA) is 87.2 Å². The lowest BCUT2D eigenvalue weighted by atomic mass is 10.1. The quantitative estimate of drug-likeness (QED) is 0.863. The summed E-state index contributed by atoms with van der Waals surface area (Å²) >= 11 is 1.13. The molecule has 0 spiro atoms. The summed E-state index contributed by atoms with van der Waals surface area (Å²) in [6, 6.07) is 3.98. The largest absolute Gasteiger partial charge is 0.339 e. The fraction of sp³-hybridized carbons (Fsp3) is 0.556. The number of nitrogens with zero attached hydrogens (tertiary/aromatic N) is 3. The van der Waals surface area contributed by atoms with Crippen molar-refractivity contribution in [2.24, 2.45) is 5.92 Å². The smallest absolute Gasteiger partial charge is 0.319 e. The van der Waals surface area contributed by atoms with Gasteiger partial charge in [-0.2, -0.15) is 8.75 Å². The monoisotopic (exact) mass is 373 g/mol. The van der Waals surface area contributed by atoms with Crippen LogP contribution in [0.5, 0.6) is 0 Å². The van der Waals surface area contributed by atoms with Crippen molar-refractivity contribution in [3.8, 4) is 0 Å². The van der Waals surface area contributed by atoms with E-state index in [0.717, 1.165) is 42.2 Å². The number of carbonyl (C=O) groups excluding carboxylic acids is 2. The Bertz CT molecular complexity index is 830. The normalized spacial score (nSPS) is 20.9. The predicted molar refractivity (Wildman–Crippen MR) is 101 cm³/mol. The molecule has 4 rings (SSSR count). The van der Waals surface area contributed by atoms with Gasteiger partial charge in [-0.15, -0.1) is 0 Å². The highest BCUT2D eigenvalue weighted by molar-refractivity contribution is 7.00. The molecular formula is C18H23N5O2S. The summed E-state index contributed by atoms with van der Waals surface area (Å²) in [5, 5.41) is 5.81. The number of rotatable bonds is 4. The number of urea groups is 1. The average Bonchev–Trinajstić information content (AvgIpc) is 3.35. The molecule has 1 aliphatic heterocycles. The number of aromatic nitrogens is 2. The van der Waals surface area contributed by atoms with Crippen LogP contribution < -0.4 is 10.6 Å². The zero-order valence-corrected chi connectivity index (χ0v) is 15.6. The summed E-state index contributed by atoms with van der Waals surface area (Å²) in [7, 11) is 0. The van der Waals surface area contributed by atoms with Crippen molar-refractivity contribution in [2.45, 2.75) is 45.1 Å². The first-order valence-corrected chi connectivity index (χ1v) is 9.91. The lowest BCUT2D eigenvalue weighted by molar-refractivity contribution is -0.129. The molecule has 1 aromatic heterocycles. The summed E-state index contributed by atoms with van der Waals surface area (Å²) in [4.78, 5) is 26.6. The number of hydrogen-bond donors (Lipinski definition) is 2. The SMILES string of the molecule is Cc1ccc2nsnc2c1NC(=O)NC[C@@H]1CC(=O)N(C2CCCC2)C1. The number of amides is 3. The number of carbonyl (C=O) groups is 2.